The summed E-state index contributed by atoms with van der Waals surface area (Å²) in [6.07, 6.45) is 4.20. The smallest absolute Gasteiger partial charge is 0.159 e. The zero-order chi connectivity index (χ0) is 13.1. The van der Waals surface area contributed by atoms with Crippen LogP contribution in [-0.4, -0.2) is 23.6 Å². The predicted molar refractivity (Wildman–Crippen MR) is 74.0 cm³/mol. The third-order valence-corrected chi connectivity index (χ3v) is 3.44. The second-order valence-electron chi connectivity index (χ2n) is 4.68. The molecule has 4 heteroatoms. The van der Waals surface area contributed by atoms with Crippen LogP contribution >= 0.6 is 0 Å². The third-order valence-electron chi connectivity index (χ3n) is 3.44. The van der Waals surface area contributed by atoms with Crippen molar-refractivity contribution in [1.29, 1.82) is 0 Å². The Kier molecular flexibility index (Phi) is 3.42. The summed E-state index contributed by atoms with van der Waals surface area (Å²) in [6, 6.07) is 10.2. The van der Waals surface area contributed by atoms with Crippen LogP contribution in [0.3, 0.4) is 0 Å². The summed E-state index contributed by atoms with van der Waals surface area (Å²) in [6.45, 7) is 1.08. The van der Waals surface area contributed by atoms with Crippen molar-refractivity contribution in [1.82, 2.24) is 15.3 Å². The predicted octanol–water partition coefficient (Wildman–Crippen LogP) is 2.58. The van der Waals surface area contributed by atoms with E-state index in [1.54, 1.807) is 7.11 Å². The molecular formula is C15H17N3O. The van der Waals surface area contributed by atoms with E-state index in [1.807, 2.05) is 36.5 Å². The molecule has 0 bridgehead atoms. The summed E-state index contributed by atoms with van der Waals surface area (Å²) in [7, 11) is 1.66. The molecule has 1 aliphatic heterocycles. The second-order valence-corrected chi connectivity index (χ2v) is 4.68. The van der Waals surface area contributed by atoms with Crippen LogP contribution in [0.5, 0.6) is 5.75 Å². The quantitative estimate of drug-likeness (QED) is 0.915. The van der Waals surface area contributed by atoms with Gasteiger partial charge in [-0.05, 0) is 49.7 Å². The fourth-order valence-electron chi connectivity index (χ4n) is 2.38. The van der Waals surface area contributed by atoms with Gasteiger partial charge in [-0.2, -0.15) is 0 Å². The van der Waals surface area contributed by atoms with Crippen molar-refractivity contribution in [2.24, 2.45) is 0 Å². The summed E-state index contributed by atoms with van der Waals surface area (Å²) >= 11 is 0. The van der Waals surface area contributed by atoms with Crippen LogP contribution in [0.1, 0.15) is 24.6 Å². The van der Waals surface area contributed by atoms with E-state index in [0.29, 0.717) is 6.04 Å². The highest BCUT2D eigenvalue weighted by molar-refractivity contribution is 5.56. The molecule has 2 heterocycles. The topological polar surface area (TPSA) is 47.0 Å². The van der Waals surface area contributed by atoms with Crippen molar-refractivity contribution in [3.05, 3.63) is 42.2 Å². The van der Waals surface area contributed by atoms with Crippen molar-refractivity contribution in [2.75, 3.05) is 13.7 Å². The third kappa shape index (κ3) is 2.58. The van der Waals surface area contributed by atoms with Crippen LogP contribution in [0.25, 0.3) is 11.4 Å². The lowest BCUT2D eigenvalue weighted by atomic mass is 10.1. The van der Waals surface area contributed by atoms with Gasteiger partial charge < -0.3 is 10.1 Å². The number of nitrogens with zero attached hydrogens (tertiary/aromatic N) is 2. The summed E-state index contributed by atoms with van der Waals surface area (Å²) in [5.41, 5.74) is 2.10. The van der Waals surface area contributed by atoms with E-state index in [1.165, 1.54) is 6.42 Å². The van der Waals surface area contributed by atoms with Gasteiger partial charge in [-0.25, -0.2) is 9.97 Å². The van der Waals surface area contributed by atoms with E-state index < -0.39 is 0 Å². The van der Waals surface area contributed by atoms with Crippen LogP contribution in [0.2, 0.25) is 0 Å². The normalized spacial score (nSPS) is 18.5. The summed E-state index contributed by atoms with van der Waals surface area (Å²) in [4.78, 5) is 9.02. The monoisotopic (exact) mass is 255 g/mol. The number of hydrogen-bond acceptors (Lipinski definition) is 4. The van der Waals surface area contributed by atoms with Crippen molar-refractivity contribution >= 4 is 0 Å². The van der Waals surface area contributed by atoms with E-state index >= 15 is 0 Å². The first-order chi connectivity index (χ1) is 9.36. The van der Waals surface area contributed by atoms with Crippen LogP contribution in [-0.2, 0) is 0 Å². The Morgan fingerprint density at radius 1 is 1.21 bits per heavy atom. The highest BCUT2D eigenvalue weighted by Gasteiger charge is 2.18. The maximum Gasteiger partial charge on any atom is 0.159 e. The number of nitrogens with one attached hydrogen (secondary N) is 1. The molecule has 1 N–H and O–H groups in total. The molecule has 1 atom stereocenters. The SMILES string of the molecule is COc1ccc(-c2nccc([C@@H]3CCCN3)n2)cc1. The van der Waals surface area contributed by atoms with Crippen LogP contribution < -0.4 is 10.1 Å². The van der Waals surface area contributed by atoms with Crippen molar-refractivity contribution in [2.45, 2.75) is 18.9 Å². The fourth-order valence-corrected chi connectivity index (χ4v) is 2.38. The maximum absolute atomic E-state index is 5.16. The molecule has 19 heavy (non-hydrogen) atoms. The fraction of sp³-hybridized carbons (Fsp3) is 0.333. The van der Waals surface area contributed by atoms with E-state index in [9.17, 15) is 0 Å². The highest BCUT2D eigenvalue weighted by Crippen LogP contribution is 2.24. The molecule has 0 radical (unpaired) electrons. The van der Waals surface area contributed by atoms with Gasteiger partial charge in [-0.15, -0.1) is 0 Å². The first-order valence-corrected chi connectivity index (χ1v) is 6.57. The largest absolute Gasteiger partial charge is 0.497 e. The lowest BCUT2D eigenvalue weighted by molar-refractivity contribution is 0.415. The Balaban J connectivity index is 1.89. The van der Waals surface area contributed by atoms with Gasteiger partial charge in [-0.3, -0.25) is 0 Å². The minimum Gasteiger partial charge on any atom is -0.497 e. The number of benzene rings is 1. The van der Waals surface area contributed by atoms with Crippen molar-refractivity contribution < 1.29 is 4.74 Å². The van der Waals surface area contributed by atoms with Gasteiger partial charge in [0, 0.05) is 17.8 Å². The molecule has 0 saturated carbocycles. The number of hydrogen-bond donors (Lipinski definition) is 1. The summed E-state index contributed by atoms with van der Waals surface area (Å²) < 4.78 is 5.16. The standard InChI is InChI=1S/C15H17N3O/c1-19-12-6-4-11(5-7-12)15-17-10-8-14(18-15)13-3-2-9-16-13/h4-8,10,13,16H,2-3,9H2,1H3/t13-/m0/s1. The highest BCUT2D eigenvalue weighted by atomic mass is 16.5. The van der Waals surface area contributed by atoms with Gasteiger partial charge in [0.05, 0.1) is 12.8 Å². The van der Waals surface area contributed by atoms with E-state index in [0.717, 1.165) is 35.8 Å². The Morgan fingerprint density at radius 3 is 2.74 bits per heavy atom. The molecular weight excluding hydrogens is 238 g/mol. The summed E-state index contributed by atoms with van der Waals surface area (Å²) in [5.74, 6) is 1.62. The van der Waals surface area contributed by atoms with Gasteiger partial charge in [0.1, 0.15) is 5.75 Å². The molecule has 4 nitrogen and oxygen atoms in total. The molecule has 1 aliphatic rings. The Labute approximate surface area is 112 Å². The van der Waals surface area contributed by atoms with Crippen LogP contribution in [0.4, 0.5) is 0 Å². The Bertz CT molecular complexity index is 548. The van der Waals surface area contributed by atoms with Crippen molar-refractivity contribution in [3.63, 3.8) is 0 Å². The molecule has 0 spiro atoms. The van der Waals surface area contributed by atoms with Crippen LogP contribution in [0.15, 0.2) is 36.5 Å². The lowest BCUT2D eigenvalue weighted by Gasteiger charge is -2.10. The molecule has 1 aromatic carbocycles. The second kappa shape index (κ2) is 5.36. The number of aromatic nitrogens is 2. The first kappa shape index (κ1) is 12.1. The molecule has 1 aromatic heterocycles. The zero-order valence-electron chi connectivity index (χ0n) is 11.0. The molecule has 0 aliphatic carbocycles. The average Bonchev–Trinajstić information content (AvgIpc) is 3.02. The number of rotatable bonds is 3. The number of methoxy groups -OCH3 is 1. The van der Waals surface area contributed by atoms with Gasteiger partial charge in [0.2, 0.25) is 0 Å². The Morgan fingerprint density at radius 2 is 2.05 bits per heavy atom. The lowest BCUT2D eigenvalue weighted by Crippen LogP contribution is -2.14. The molecule has 2 aromatic rings. The van der Waals surface area contributed by atoms with Gasteiger partial charge in [-0.1, -0.05) is 0 Å². The molecule has 0 unspecified atom stereocenters. The van der Waals surface area contributed by atoms with Gasteiger partial charge >= 0.3 is 0 Å². The molecule has 0 amide bonds. The maximum atomic E-state index is 5.16. The van der Waals surface area contributed by atoms with Crippen molar-refractivity contribution in [3.8, 4) is 17.1 Å². The molecule has 98 valence electrons. The van der Waals surface area contributed by atoms with Gasteiger partial charge in [0.15, 0.2) is 5.82 Å². The van der Waals surface area contributed by atoms with Crippen LogP contribution in [0, 0.1) is 0 Å². The first-order valence-electron chi connectivity index (χ1n) is 6.57. The zero-order valence-corrected chi connectivity index (χ0v) is 11.0. The number of ether oxygens (including phenoxy) is 1. The average molecular weight is 255 g/mol. The van der Waals surface area contributed by atoms with E-state index in [-0.39, 0.29) is 0 Å². The molecule has 1 saturated heterocycles. The summed E-state index contributed by atoms with van der Waals surface area (Å²) in [5, 5.41) is 3.46. The van der Waals surface area contributed by atoms with E-state index in [4.69, 9.17) is 4.74 Å². The molecule has 3 rings (SSSR count). The minimum absolute atomic E-state index is 0.375. The minimum atomic E-state index is 0.375. The van der Waals surface area contributed by atoms with Gasteiger partial charge in [0.25, 0.3) is 0 Å². The Hall–Kier alpha value is -1.94. The molecule has 1 fully saturated rings. The van der Waals surface area contributed by atoms with E-state index in [2.05, 4.69) is 15.3 Å².